The van der Waals surface area contributed by atoms with E-state index in [2.05, 4.69) is 0 Å². The van der Waals surface area contributed by atoms with Crippen LogP contribution in [-0.2, 0) is 14.3 Å². The summed E-state index contributed by atoms with van der Waals surface area (Å²) in [5.41, 5.74) is 0.778. The lowest BCUT2D eigenvalue weighted by molar-refractivity contribution is -0.141. The number of thioether (sulfide) groups is 1. The number of hydrogen-bond acceptors (Lipinski definition) is 5. The molecule has 7 heteroatoms. The second kappa shape index (κ2) is 7.48. The minimum Gasteiger partial charge on any atom is -0.456 e. The average Bonchev–Trinajstić information content (AvgIpc) is 2.62. The summed E-state index contributed by atoms with van der Waals surface area (Å²) in [6.45, 7) is -0.770. The molecule has 0 spiro atoms. The summed E-state index contributed by atoms with van der Waals surface area (Å²) >= 11 is 1.41. The first-order valence-electron chi connectivity index (χ1n) is 7.51. The maximum absolute atomic E-state index is 13.1. The van der Waals surface area contributed by atoms with Crippen LogP contribution in [0.3, 0.4) is 0 Å². The van der Waals surface area contributed by atoms with Crippen molar-refractivity contribution in [3.63, 3.8) is 0 Å². The van der Waals surface area contributed by atoms with E-state index in [0.29, 0.717) is 5.69 Å². The fourth-order valence-electron chi connectivity index (χ4n) is 2.39. The normalized spacial score (nSPS) is 13.3. The fourth-order valence-corrected chi connectivity index (χ4v) is 3.33. The molecule has 5 nitrogen and oxygen atoms in total. The number of rotatable bonds is 5. The van der Waals surface area contributed by atoms with Gasteiger partial charge in [0.15, 0.2) is 12.4 Å². The SMILES string of the molecule is O=C(CN1C(=O)CSc2ccccc21)OCC(=O)c1cccc(F)c1. The first-order valence-corrected chi connectivity index (χ1v) is 8.50. The third-order valence-electron chi connectivity index (χ3n) is 3.61. The highest BCUT2D eigenvalue weighted by Gasteiger charge is 2.27. The number of para-hydroxylation sites is 1. The third-order valence-corrected chi connectivity index (χ3v) is 4.65. The second-order valence-electron chi connectivity index (χ2n) is 5.33. The van der Waals surface area contributed by atoms with E-state index in [1.54, 1.807) is 12.1 Å². The lowest BCUT2D eigenvalue weighted by Crippen LogP contribution is -2.40. The number of fused-ring (bicyclic) bond motifs is 1. The molecular weight excluding hydrogens is 345 g/mol. The van der Waals surface area contributed by atoms with Crippen LogP contribution in [0, 0.1) is 5.82 Å². The van der Waals surface area contributed by atoms with Gasteiger partial charge in [0.25, 0.3) is 0 Å². The van der Waals surface area contributed by atoms with Crippen molar-refractivity contribution >= 4 is 35.1 Å². The van der Waals surface area contributed by atoms with Crippen molar-refractivity contribution in [2.24, 2.45) is 0 Å². The maximum atomic E-state index is 13.1. The highest BCUT2D eigenvalue weighted by molar-refractivity contribution is 8.00. The quantitative estimate of drug-likeness (QED) is 0.607. The predicted octanol–water partition coefficient (Wildman–Crippen LogP) is 2.69. The molecule has 3 rings (SSSR count). The van der Waals surface area contributed by atoms with Crippen molar-refractivity contribution in [2.45, 2.75) is 4.90 Å². The van der Waals surface area contributed by atoms with Gasteiger partial charge in [0.05, 0.1) is 11.4 Å². The summed E-state index contributed by atoms with van der Waals surface area (Å²) in [6, 6.07) is 12.4. The van der Waals surface area contributed by atoms with E-state index in [0.717, 1.165) is 11.0 Å². The predicted molar refractivity (Wildman–Crippen MR) is 91.2 cm³/mol. The Morgan fingerprint density at radius 2 is 1.96 bits per heavy atom. The van der Waals surface area contributed by atoms with Gasteiger partial charge in [0.1, 0.15) is 12.4 Å². The molecule has 0 unspecified atom stereocenters. The van der Waals surface area contributed by atoms with E-state index < -0.39 is 24.2 Å². The van der Waals surface area contributed by atoms with Crippen molar-refractivity contribution in [3.05, 3.63) is 59.9 Å². The lowest BCUT2D eigenvalue weighted by Gasteiger charge is -2.27. The van der Waals surface area contributed by atoms with Crippen molar-refractivity contribution in [3.8, 4) is 0 Å². The summed E-state index contributed by atoms with van der Waals surface area (Å²) in [7, 11) is 0. The molecule has 0 atom stereocenters. The summed E-state index contributed by atoms with van der Waals surface area (Å²) in [4.78, 5) is 38.3. The van der Waals surface area contributed by atoms with Crippen LogP contribution in [0.2, 0.25) is 0 Å². The van der Waals surface area contributed by atoms with Crippen molar-refractivity contribution < 1.29 is 23.5 Å². The first kappa shape index (κ1) is 17.2. The number of carbonyl (C=O) groups excluding carboxylic acids is 3. The molecule has 1 amide bonds. The number of ketones is 1. The number of esters is 1. The zero-order chi connectivity index (χ0) is 17.8. The minimum absolute atomic E-state index is 0.128. The summed E-state index contributed by atoms with van der Waals surface area (Å²) in [5, 5.41) is 0. The molecule has 0 bridgehead atoms. The zero-order valence-corrected chi connectivity index (χ0v) is 13.9. The summed E-state index contributed by atoms with van der Waals surface area (Å²) < 4.78 is 18.1. The Kier molecular flexibility index (Phi) is 5.14. The summed E-state index contributed by atoms with van der Waals surface area (Å²) in [5.74, 6) is -1.69. The molecule has 0 aromatic heterocycles. The number of anilines is 1. The molecular formula is C18H14FNO4S. The smallest absolute Gasteiger partial charge is 0.326 e. The Hall–Kier alpha value is -2.67. The third kappa shape index (κ3) is 4.06. The molecule has 0 saturated carbocycles. The van der Waals surface area contributed by atoms with Gasteiger partial charge >= 0.3 is 5.97 Å². The Morgan fingerprint density at radius 3 is 2.76 bits per heavy atom. The van der Waals surface area contributed by atoms with Crippen LogP contribution in [0.15, 0.2) is 53.4 Å². The fraction of sp³-hybridized carbons (Fsp3) is 0.167. The standard InChI is InChI=1S/C18H14FNO4S/c19-13-5-3-4-12(8-13)15(21)10-24-18(23)9-20-14-6-1-2-7-16(14)25-11-17(20)22/h1-8H,9-11H2. The van der Waals surface area contributed by atoms with Crippen LogP contribution in [0.1, 0.15) is 10.4 Å². The number of nitrogens with zero attached hydrogens (tertiary/aromatic N) is 1. The van der Waals surface area contributed by atoms with Crippen LogP contribution < -0.4 is 4.90 Å². The van der Waals surface area contributed by atoms with E-state index in [-0.39, 0.29) is 23.8 Å². The molecule has 25 heavy (non-hydrogen) atoms. The van der Waals surface area contributed by atoms with Crippen LogP contribution in [0.5, 0.6) is 0 Å². The van der Waals surface area contributed by atoms with Gasteiger partial charge in [-0.15, -0.1) is 11.8 Å². The number of amides is 1. The highest BCUT2D eigenvalue weighted by Crippen LogP contribution is 2.34. The van der Waals surface area contributed by atoms with Gasteiger partial charge in [0, 0.05) is 10.5 Å². The Balaban J connectivity index is 1.61. The van der Waals surface area contributed by atoms with Gasteiger partial charge in [-0.1, -0.05) is 24.3 Å². The molecule has 0 fully saturated rings. The molecule has 2 aromatic carbocycles. The lowest BCUT2D eigenvalue weighted by atomic mass is 10.1. The Bertz CT molecular complexity index is 839. The van der Waals surface area contributed by atoms with E-state index in [4.69, 9.17) is 4.74 Å². The molecule has 1 aliphatic rings. The maximum Gasteiger partial charge on any atom is 0.326 e. The van der Waals surface area contributed by atoms with Gasteiger partial charge < -0.3 is 4.74 Å². The van der Waals surface area contributed by atoms with Gasteiger partial charge in [-0.05, 0) is 24.3 Å². The van der Waals surface area contributed by atoms with E-state index in [1.807, 2.05) is 12.1 Å². The van der Waals surface area contributed by atoms with Gasteiger partial charge in [-0.3, -0.25) is 19.3 Å². The molecule has 1 aliphatic heterocycles. The monoisotopic (exact) mass is 359 g/mol. The van der Waals surface area contributed by atoms with Crippen molar-refractivity contribution in [1.29, 1.82) is 0 Å². The van der Waals surface area contributed by atoms with E-state index >= 15 is 0 Å². The van der Waals surface area contributed by atoms with Crippen LogP contribution in [-0.4, -0.2) is 36.6 Å². The van der Waals surface area contributed by atoms with Crippen molar-refractivity contribution in [2.75, 3.05) is 23.8 Å². The molecule has 0 N–H and O–H groups in total. The number of hydrogen-bond donors (Lipinski definition) is 0. The number of carbonyl (C=O) groups is 3. The second-order valence-corrected chi connectivity index (χ2v) is 6.35. The number of Topliss-reactive ketones (excluding diaryl/α,β-unsaturated/α-hetero) is 1. The van der Waals surface area contributed by atoms with Crippen LogP contribution >= 0.6 is 11.8 Å². The first-order chi connectivity index (χ1) is 12.0. The zero-order valence-electron chi connectivity index (χ0n) is 13.1. The number of ether oxygens (including phenoxy) is 1. The topological polar surface area (TPSA) is 63.7 Å². The Labute approximate surface area is 147 Å². The van der Waals surface area contributed by atoms with E-state index in [9.17, 15) is 18.8 Å². The van der Waals surface area contributed by atoms with Gasteiger partial charge in [-0.2, -0.15) is 0 Å². The molecule has 0 saturated heterocycles. The molecule has 128 valence electrons. The molecule has 1 heterocycles. The van der Waals surface area contributed by atoms with Gasteiger partial charge in [0.2, 0.25) is 5.91 Å². The van der Waals surface area contributed by atoms with Gasteiger partial charge in [-0.25, -0.2) is 4.39 Å². The average molecular weight is 359 g/mol. The number of halogens is 1. The van der Waals surface area contributed by atoms with Crippen LogP contribution in [0.25, 0.3) is 0 Å². The largest absolute Gasteiger partial charge is 0.456 e. The minimum atomic E-state index is -0.695. The van der Waals surface area contributed by atoms with Crippen LogP contribution in [0.4, 0.5) is 10.1 Å². The molecule has 2 aromatic rings. The molecule has 0 radical (unpaired) electrons. The Morgan fingerprint density at radius 1 is 1.16 bits per heavy atom. The van der Waals surface area contributed by atoms with Crippen molar-refractivity contribution in [1.82, 2.24) is 0 Å². The van der Waals surface area contributed by atoms with E-state index in [1.165, 1.54) is 34.9 Å². The summed E-state index contributed by atoms with van der Waals surface area (Å²) in [6.07, 6.45) is 0. The highest BCUT2D eigenvalue weighted by atomic mass is 32.2. The molecule has 0 aliphatic carbocycles. The number of benzene rings is 2.